The fourth-order valence-corrected chi connectivity index (χ4v) is 12.7. The number of hydrogen-bond acceptors (Lipinski definition) is 15. The number of hydrogen-bond donors (Lipinski definition) is 18. The van der Waals surface area contributed by atoms with E-state index in [4.69, 9.17) is 16.9 Å². The van der Waals surface area contributed by atoms with Gasteiger partial charge in [0.15, 0.2) is 5.96 Å². The number of phenols is 1. The van der Waals surface area contributed by atoms with Crippen LogP contribution in [0.25, 0.3) is 32.6 Å². The van der Waals surface area contributed by atoms with Crippen LogP contribution in [0.3, 0.4) is 0 Å². The van der Waals surface area contributed by atoms with E-state index in [0.29, 0.717) is 56.2 Å². The number of primary amides is 1. The highest BCUT2D eigenvalue weighted by atomic mass is 16.3. The second kappa shape index (κ2) is 34.1. The Labute approximate surface area is 584 Å². The number of phenolic OH excluding ortho intramolecular Hbond substituents is 1. The Balaban J connectivity index is 0.938. The summed E-state index contributed by atoms with van der Waals surface area (Å²) in [5, 5.41) is 58.9. The number of rotatable bonds is 33. The number of aromatic hydroxyl groups is 1. The van der Waals surface area contributed by atoms with Crippen molar-refractivity contribution < 1.29 is 63.0 Å². The molecule has 31 heteroatoms. The van der Waals surface area contributed by atoms with E-state index in [1.165, 1.54) is 41.7 Å². The molecule has 2 aliphatic heterocycles. The number of carbonyl (C=O) groups is 11. The van der Waals surface area contributed by atoms with Crippen molar-refractivity contribution >= 4 is 104 Å². The minimum Gasteiger partial charge on any atom is -0.508 e. The summed E-state index contributed by atoms with van der Waals surface area (Å²) >= 11 is 0. The number of H-pyrrole nitrogens is 3. The van der Waals surface area contributed by atoms with E-state index < -0.39 is 127 Å². The molecule has 11 amide bonds. The molecule has 534 valence electrons. The maximum Gasteiger partial charge on any atom is 0.245 e. The van der Waals surface area contributed by atoms with E-state index in [2.05, 4.69) is 73.1 Å². The molecule has 5 heterocycles. The number of aliphatic hydroxyl groups excluding tert-OH is 1. The number of aliphatic hydroxyl groups is 1. The average molecular weight is 1400 g/mol. The lowest BCUT2D eigenvalue weighted by molar-refractivity contribution is -0.142. The van der Waals surface area contributed by atoms with E-state index in [-0.39, 0.29) is 94.9 Å². The number of amides is 11. The molecule has 5 aromatic carbocycles. The van der Waals surface area contributed by atoms with E-state index in [1.807, 2.05) is 54.6 Å². The number of nitrogens with one attached hydrogen (secondary N) is 14. The number of carbonyl (C=O) groups excluding carboxylic acids is 11. The lowest BCUT2D eigenvalue weighted by Gasteiger charge is -2.30. The minimum absolute atomic E-state index is 0.0406. The monoisotopic (exact) mass is 1390 g/mol. The van der Waals surface area contributed by atoms with Gasteiger partial charge < -0.3 is 94.7 Å². The number of nitrogens with zero attached hydrogens (tertiary/aromatic N) is 2. The maximum absolute atomic E-state index is 15.5. The Morgan fingerprint density at radius 1 is 0.578 bits per heavy atom. The smallest absolute Gasteiger partial charge is 0.245 e. The predicted molar refractivity (Wildman–Crippen MR) is 374 cm³/mol. The van der Waals surface area contributed by atoms with Gasteiger partial charge in [0, 0.05) is 92.0 Å². The summed E-state index contributed by atoms with van der Waals surface area (Å²) in [6.07, 6.45) is 6.21. The highest BCUT2D eigenvalue weighted by Crippen LogP contribution is 2.25. The van der Waals surface area contributed by atoms with E-state index in [0.717, 1.165) is 10.8 Å². The summed E-state index contributed by atoms with van der Waals surface area (Å²) in [5.74, 6) is -9.14. The van der Waals surface area contributed by atoms with Gasteiger partial charge >= 0.3 is 0 Å². The molecule has 0 bridgehead atoms. The first-order valence-electron chi connectivity index (χ1n) is 33.5. The van der Waals surface area contributed by atoms with Gasteiger partial charge in [-0.15, -0.1) is 0 Å². The number of fused-ring (bicyclic) bond motifs is 3. The van der Waals surface area contributed by atoms with Gasteiger partial charge in [0.05, 0.1) is 25.2 Å². The molecular weight excluding hydrogens is 1310 g/mol. The second-order valence-electron chi connectivity index (χ2n) is 25.3. The van der Waals surface area contributed by atoms with Crippen molar-refractivity contribution in [1.29, 1.82) is 5.41 Å². The molecule has 0 aliphatic carbocycles. The average Bonchev–Trinajstić information content (AvgIpc) is 1.58. The zero-order valence-corrected chi connectivity index (χ0v) is 55.5. The van der Waals surface area contributed by atoms with Crippen LogP contribution in [0.1, 0.15) is 66.5 Å². The van der Waals surface area contributed by atoms with Crippen molar-refractivity contribution in [3.8, 4) is 5.75 Å². The SMILES string of the molecule is N=C(N)NCCC[C@H](NC(=O)[C@H](Cc1c[nH]c2ccccc12)NC(=O)[C@@H](Cc1ccc2ccccc2c1)NC(=O)[C@H](Cc1ccc(O)cc1)NC(=O)[C@H](CO)NC(=O)[C@H](Cc1c[nH]c2ccccc12)NC(=O)[C@H](Cc1c[nH]cn1)NC(=O)[C@@H]1CCC(=O)N1)C(=O)N1CCC[C@H]1C(=O)NCC(N)=O. The number of aromatic nitrogens is 4. The van der Waals surface area contributed by atoms with Gasteiger partial charge in [0.2, 0.25) is 65.0 Å². The van der Waals surface area contributed by atoms with Crippen molar-refractivity contribution in [2.45, 2.75) is 125 Å². The Hall–Kier alpha value is -12.1. The van der Waals surface area contributed by atoms with Crippen molar-refractivity contribution in [2.24, 2.45) is 11.5 Å². The van der Waals surface area contributed by atoms with Gasteiger partial charge in [-0.05, 0) is 89.4 Å². The standard InChI is InChI=1S/C71H82N18O13/c72-60(92)36-79-69(101)59-16-8-26-89(59)70(102)52(15-7-25-76-71(73)74)82-65(97)55(30-43-33-77-49-13-5-3-11-47(43)49)85-64(96)54(29-40-17-20-41-9-1-2-10-42(41)27-40)83-63(95)53(28-39-18-21-46(91)22-19-39)84-68(100)58(37-90)88-66(98)56(31-44-34-78-50-14-6-4-12-48(44)50)86-67(99)57(32-45-35-75-38-80-45)87-62(94)51-23-24-61(93)81-51/h1-6,9-14,17-22,27,33-35,38,51-59,77-78,90-91H,7-8,15-16,23-26,28-32,36-37H2,(H2,72,92)(H,75,80)(H,79,101)(H,81,93)(H,82,97)(H,83,95)(H,84,100)(H,85,96)(H,86,99)(H,87,94)(H,88,98)(H4,73,74,76)/t51-,52-,53-,54+,55-,56-,57-,58-,59-/m0/s1. The molecule has 0 radical (unpaired) electrons. The summed E-state index contributed by atoms with van der Waals surface area (Å²) in [7, 11) is 0. The van der Waals surface area contributed by atoms with Crippen LogP contribution in [0.4, 0.5) is 0 Å². The lowest BCUT2D eigenvalue weighted by atomic mass is 9.98. The van der Waals surface area contributed by atoms with Gasteiger partial charge in [-0.25, -0.2) is 4.98 Å². The van der Waals surface area contributed by atoms with Crippen molar-refractivity contribution in [3.63, 3.8) is 0 Å². The van der Waals surface area contributed by atoms with Crippen LogP contribution < -0.4 is 64.6 Å². The van der Waals surface area contributed by atoms with Crippen molar-refractivity contribution in [3.05, 3.63) is 168 Å². The summed E-state index contributed by atoms with van der Waals surface area (Å²) in [6.45, 7) is -1.30. The van der Waals surface area contributed by atoms with Crippen LogP contribution in [0.15, 0.2) is 140 Å². The number of benzene rings is 5. The first kappa shape index (κ1) is 72.6. The zero-order valence-electron chi connectivity index (χ0n) is 55.5. The van der Waals surface area contributed by atoms with Crippen molar-refractivity contribution in [1.82, 2.24) is 78.0 Å². The Morgan fingerprint density at radius 3 is 1.67 bits per heavy atom. The Bertz CT molecular complexity index is 4390. The van der Waals surface area contributed by atoms with Gasteiger partial charge in [0.25, 0.3) is 0 Å². The summed E-state index contributed by atoms with van der Waals surface area (Å²) < 4.78 is 0. The highest BCUT2D eigenvalue weighted by Gasteiger charge is 2.40. The van der Waals surface area contributed by atoms with Crippen LogP contribution in [0.2, 0.25) is 0 Å². The molecule has 10 rings (SSSR count). The zero-order chi connectivity index (χ0) is 72.4. The molecule has 2 saturated heterocycles. The molecule has 8 aromatic rings. The van der Waals surface area contributed by atoms with E-state index in [1.54, 1.807) is 48.8 Å². The maximum atomic E-state index is 15.5. The summed E-state index contributed by atoms with van der Waals surface area (Å²) in [4.78, 5) is 170. The fourth-order valence-electron chi connectivity index (χ4n) is 12.7. The fraction of sp³-hybridized carbons (Fsp3) is 0.338. The number of likely N-dealkylation sites (tertiary alicyclic amines) is 1. The normalized spacial score (nSPS) is 16.2. The predicted octanol–water partition coefficient (Wildman–Crippen LogP) is -0.735. The molecule has 0 unspecified atom stereocenters. The number of nitrogens with two attached hydrogens (primary N) is 2. The molecule has 3 aromatic heterocycles. The lowest BCUT2D eigenvalue weighted by Crippen LogP contribution is -2.62. The number of guanidine groups is 1. The molecule has 20 N–H and O–H groups in total. The molecular formula is C71H82N18O13. The molecule has 0 spiro atoms. The Kier molecular flexibility index (Phi) is 24.3. The first-order valence-corrected chi connectivity index (χ1v) is 33.5. The topological polar surface area (TPSA) is 488 Å². The molecule has 31 nitrogen and oxygen atoms in total. The molecule has 2 aliphatic rings. The van der Waals surface area contributed by atoms with Crippen LogP contribution in [0, 0.1) is 5.41 Å². The molecule has 9 atom stereocenters. The van der Waals surface area contributed by atoms with E-state index in [9.17, 15) is 48.6 Å². The number of aromatic amines is 3. The Morgan fingerprint density at radius 2 is 1.11 bits per heavy atom. The summed E-state index contributed by atoms with van der Waals surface area (Å²) in [6, 6.07) is 20.3. The third-order valence-corrected chi connectivity index (χ3v) is 18.0. The summed E-state index contributed by atoms with van der Waals surface area (Å²) in [5.41, 5.74) is 14.7. The molecule has 0 saturated carbocycles. The minimum atomic E-state index is -1.82. The van der Waals surface area contributed by atoms with Crippen molar-refractivity contribution in [2.75, 3.05) is 26.2 Å². The van der Waals surface area contributed by atoms with Crippen LogP contribution in [-0.2, 0) is 84.8 Å². The number of imidazole rings is 1. The largest absolute Gasteiger partial charge is 0.508 e. The van der Waals surface area contributed by atoms with E-state index >= 15 is 14.4 Å². The second-order valence-corrected chi connectivity index (χ2v) is 25.3. The molecule has 2 fully saturated rings. The quantitative estimate of drug-likeness (QED) is 0.0137. The van der Waals surface area contributed by atoms with Crippen LogP contribution in [-0.4, -0.2) is 187 Å². The van der Waals surface area contributed by atoms with Crippen LogP contribution in [0.5, 0.6) is 5.75 Å². The van der Waals surface area contributed by atoms with Gasteiger partial charge in [0.1, 0.15) is 60.1 Å². The number of para-hydroxylation sites is 2. The third kappa shape index (κ3) is 19.2. The molecule has 102 heavy (non-hydrogen) atoms. The van der Waals surface area contributed by atoms with Gasteiger partial charge in [-0.1, -0.05) is 91.0 Å². The highest BCUT2D eigenvalue weighted by molar-refractivity contribution is 6.00. The third-order valence-electron chi connectivity index (χ3n) is 18.0. The van der Waals surface area contributed by atoms with Crippen LogP contribution >= 0.6 is 0 Å². The van der Waals surface area contributed by atoms with Gasteiger partial charge in [-0.3, -0.25) is 58.1 Å². The van der Waals surface area contributed by atoms with Gasteiger partial charge in [-0.2, -0.15) is 0 Å². The first-order chi connectivity index (χ1) is 49.2.